The summed E-state index contributed by atoms with van der Waals surface area (Å²) in [6.07, 6.45) is 9.52. The zero-order valence-corrected chi connectivity index (χ0v) is 12.0. The quantitative estimate of drug-likeness (QED) is 0.583. The molecule has 3 heteroatoms. The molecule has 0 fully saturated rings. The summed E-state index contributed by atoms with van der Waals surface area (Å²) in [5.74, 6) is 2.70. The van der Waals surface area contributed by atoms with Crippen LogP contribution in [0.3, 0.4) is 0 Å². The van der Waals surface area contributed by atoms with Gasteiger partial charge in [-0.1, -0.05) is 6.92 Å². The van der Waals surface area contributed by atoms with Crippen molar-refractivity contribution in [3.05, 3.63) is 20.8 Å². The van der Waals surface area contributed by atoms with Crippen molar-refractivity contribution in [2.24, 2.45) is 0 Å². The van der Waals surface area contributed by atoms with Crippen molar-refractivity contribution in [2.45, 2.75) is 38.6 Å². The zero-order valence-electron chi connectivity index (χ0n) is 9.63. The van der Waals surface area contributed by atoms with Gasteiger partial charge in [-0.05, 0) is 58.7 Å². The van der Waals surface area contributed by atoms with Crippen molar-refractivity contribution in [3.8, 4) is 12.3 Å². The van der Waals surface area contributed by atoms with Gasteiger partial charge in [-0.2, -0.15) is 0 Å². The molecule has 16 heavy (non-hydrogen) atoms. The van der Waals surface area contributed by atoms with E-state index in [1.165, 1.54) is 9.35 Å². The Labute approximate surface area is 111 Å². The first-order valence-corrected chi connectivity index (χ1v) is 7.36. The van der Waals surface area contributed by atoms with Crippen molar-refractivity contribution < 1.29 is 0 Å². The number of unbranched alkanes of at least 4 members (excludes halogenated alkanes) is 1. The average Bonchev–Trinajstić information content (AvgIpc) is 2.70. The number of nitrogens with one attached hydrogen (secondary N) is 1. The van der Waals surface area contributed by atoms with E-state index in [0.717, 1.165) is 32.2 Å². The van der Waals surface area contributed by atoms with Gasteiger partial charge in [0.15, 0.2) is 0 Å². The Morgan fingerprint density at radius 3 is 3.00 bits per heavy atom. The van der Waals surface area contributed by atoms with Gasteiger partial charge in [-0.15, -0.1) is 23.7 Å². The van der Waals surface area contributed by atoms with Gasteiger partial charge >= 0.3 is 0 Å². The van der Waals surface area contributed by atoms with Crippen LogP contribution in [0.1, 0.15) is 44.2 Å². The molecule has 0 aliphatic rings. The lowest BCUT2D eigenvalue weighted by Gasteiger charge is -2.16. The Balaban J connectivity index is 2.53. The Bertz CT molecular complexity index is 340. The van der Waals surface area contributed by atoms with Crippen molar-refractivity contribution in [3.63, 3.8) is 0 Å². The minimum absolute atomic E-state index is 0.454. The van der Waals surface area contributed by atoms with Gasteiger partial charge in [-0.3, -0.25) is 0 Å². The lowest BCUT2D eigenvalue weighted by Crippen LogP contribution is -2.21. The molecule has 0 saturated heterocycles. The van der Waals surface area contributed by atoms with E-state index >= 15 is 0 Å². The van der Waals surface area contributed by atoms with E-state index in [-0.39, 0.29) is 0 Å². The maximum absolute atomic E-state index is 5.28. The van der Waals surface area contributed by atoms with Crippen LogP contribution in [0.25, 0.3) is 0 Å². The standard InChI is InChI=1S/C13H18BrNS/c1-3-5-6-7-12(15-8-4-2)11-9-13(14)16-10-11/h1,9-10,12,15H,4-8H2,2H3. The zero-order chi connectivity index (χ0) is 11.8. The van der Waals surface area contributed by atoms with Gasteiger partial charge in [0.1, 0.15) is 0 Å². The normalized spacial score (nSPS) is 12.3. The van der Waals surface area contributed by atoms with Crippen LogP contribution in [0.15, 0.2) is 15.2 Å². The van der Waals surface area contributed by atoms with Crippen molar-refractivity contribution in [1.82, 2.24) is 5.32 Å². The highest BCUT2D eigenvalue weighted by molar-refractivity contribution is 9.11. The molecule has 1 N–H and O–H groups in total. The molecule has 0 aliphatic carbocycles. The minimum atomic E-state index is 0.454. The Kier molecular flexibility index (Phi) is 6.79. The molecule has 1 unspecified atom stereocenters. The fraction of sp³-hybridized carbons (Fsp3) is 0.538. The number of hydrogen-bond acceptors (Lipinski definition) is 2. The van der Waals surface area contributed by atoms with E-state index in [4.69, 9.17) is 6.42 Å². The van der Waals surface area contributed by atoms with Crippen molar-refractivity contribution >= 4 is 27.3 Å². The van der Waals surface area contributed by atoms with E-state index in [9.17, 15) is 0 Å². The molecule has 1 rings (SSSR count). The van der Waals surface area contributed by atoms with Crippen LogP contribution < -0.4 is 5.32 Å². The van der Waals surface area contributed by atoms with E-state index in [0.29, 0.717) is 6.04 Å². The first kappa shape index (κ1) is 13.8. The highest BCUT2D eigenvalue weighted by Gasteiger charge is 2.11. The van der Waals surface area contributed by atoms with Gasteiger partial charge in [0.25, 0.3) is 0 Å². The first-order chi connectivity index (χ1) is 7.77. The SMILES string of the molecule is C#CCCCC(NCCC)c1csc(Br)c1. The number of terminal acetylenes is 1. The van der Waals surface area contributed by atoms with E-state index in [1.807, 2.05) is 0 Å². The summed E-state index contributed by atoms with van der Waals surface area (Å²) in [7, 11) is 0. The van der Waals surface area contributed by atoms with Crippen LogP contribution in [-0.2, 0) is 0 Å². The molecule has 1 atom stereocenters. The predicted molar refractivity (Wildman–Crippen MR) is 75.7 cm³/mol. The molecular weight excluding hydrogens is 282 g/mol. The maximum Gasteiger partial charge on any atom is 0.0701 e. The van der Waals surface area contributed by atoms with Crippen LogP contribution in [0, 0.1) is 12.3 Å². The van der Waals surface area contributed by atoms with Crippen LogP contribution in [0.5, 0.6) is 0 Å². The van der Waals surface area contributed by atoms with Crippen LogP contribution in [-0.4, -0.2) is 6.54 Å². The summed E-state index contributed by atoms with van der Waals surface area (Å²) in [6.45, 7) is 3.25. The molecule has 88 valence electrons. The third kappa shape index (κ3) is 4.69. The molecule has 0 spiro atoms. The van der Waals surface area contributed by atoms with Gasteiger partial charge in [0, 0.05) is 12.5 Å². The summed E-state index contributed by atoms with van der Waals surface area (Å²) in [5, 5.41) is 5.79. The van der Waals surface area contributed by atoms with Crippen LogP contribution >= 0.6 is 27.3 Å². The Morgan fingerprint density at radius 1 is 1.62 bits per heavy atom. The largest absolute Gasteiger partial charge is 0.310 e. The average molecular weight is 300 g/mol. The van der Waals surface area contributed by atoms with Crippen molar-refractivity contribution in [1.29, 1.82) is 0 Å². The van der Waals surface area contributed by atoms with Gasteiger partial charge < -0.3 is 5.32 Å². The molecule has 0 radical (unpaired) electrons. The molecular formula is C13H18BrNS. The fourth-order valence-electron chi connectivity index (χ4n) is 1.62. The van der Waals surface area contributed by atoms with Crippen LogP contribution in [0.2, 0.25) is 0 Å². The van der Waals surface area contributed by atoms with E-state index < -0.39 is 0 Å². The molecule has 0 bridgehead atoms. The first-order valence-electron chi connectivity index (χ1n) is 5.68. The van der Waals surface area contributed by atoms with Gasteiger partial charge in [0.05, 0.1) is 3.79 Å². The number of rotatable bonds is 7. The molecule has 0 saturated carbocycles. The van der Waals surface area contributed by atoms with Crippen LogP contribution in [0.4, 0.5) is 0 Å². The lowest BCUT2D eigenvalue weighted by molar-refractivity contribution is 0.488. The molecule has 0 aliphatic heterocycles. The van der Waals surface area contributed by atoms with E-state index in [1.54, 1.807) is 11.3 Å². The summed E-state index contributed by atoms with van der Waals surface area (Å²) in [6, 6.07) is 2.66. The molecule has 0 amide bonds. The second-order valence-corrected chi connectivity index (χ2v) is 6.08. The molecule has 1 nitrogen and oxygen atoms in total. The molecule has 1 aromatic rings. The Morgan fingerprint density at radius 2 is 2.44 bits per heavy atom. The monoisotopic (exact) mass is 299 g/mol. The highest BCUT2D eigenvalue weighted by Crippen LogP contribution is 2.28. The maximum atomic E-state index is 5.28. The number of thiophene rings is 1. The smallest absolute Gasteiger partial charge is 0.0701 e. The number of halogens is 1. The molecule has 1 aromatic heterocycles. The summed E-state index contributed by atoms with van der Waals surface area (Å²) in [4.78, 5) is 0. The van der Waals surface area contributed by atoms with Gasteiger partial charge in [-0.25, -0.2) is 0 Å². The minimum Gasteiger partial charge on any atom is -0.310 e. The fourth-order valence-corrected chi connectivity index (χ4v) is 2.85. The van der Waals surface area contributed by atoms with Gasteiger partial charge in [0.2, 0.25) is 0 Å². The number of hydrogen-bond donors (Lipinski definition) is 1. The molecule has 1 heterocycles. The summed E-state index contributed by atoms with van der Waals surface area (Å²) >= 11 is 5.25. The Hall–Kier alpha value is -0.300. The van der Waals surface area contributed by atoms with Crippen molar-refractivity contribution in [2.75, 3.05) is 6.54 Å². The third-order valence-electron chi connectivity index (χ3n) is 2.44. The van der Waals surface area contributed by atoms with E-state index in [2.05, 4.69) is 45.5 Å². The predicted octanol–water partition coefficient (Wildman–Crippen LogP) is 4.35. The second kappa shape index (κ2) is 7.89. The lowest BCUT2D eigenvalue weighted by atomic mass is 10.0. The third-order valence-corrected chi connectivity index (χ3v) is 3.97. The summed E-state index contributed by atoms with van der Waals surface area (Å²) in [5.41, 5.74) is 1.38. The molecule has 0 aromatic carbocycles. The second-order valence-electron chi connectivity index (χ2n) is 3.79. The highest BCUT2D eigenvalue weighted by atomic mass is 79.9. The summed E-state index contributed by atoms with van der Waals surface area (Å²) < 4.78 is 1.20. The topological polar surface area (TPSA) is 12.0 Å².